The predicted molar refractivity (Wildman–Crippen MR) is 147 cm³/mol. The molecule has 3 rings (SSSR count). The molecule has 0 aliphatic heterocycles. The van der Waals surface area contributed by atoms with Crippen LogP contribution in [0.25, 0.3) is 17.2 Å². The molecule has 2 aromatic carbocycles. The van der Waals surface area contributed by atoms with Crippen LogP contribution in [-0.2, 0) is 22.6 Å². The highest BCUT2D eigenvalue weighted by Crippen LogP contribution is 2.34. The Morgan fingerprint density at radius 3 is 2.33 bits per heavy atom. The van der Waals surface area contributed by atoms with Gasteiger partial charge in [0, 0.05) is 30.8 Å². The molecule has 0 saturated heterocycles. The summed E-state index contributed by atoms with van der Waals surface area (Å²) in [5.41, 5.74) is 4.15. The smallest absolute Gasteiger partial charge is 0.308 e. The molecule has 0 aliphatic rings. The number of halogens is 1. The number of methoxy groups -OCH3 is 2. The lowest BCUT2D eigenvalue weighted by atomic mass is 10.00. The van der Waals surface area contributed by atoms with E-state index >= 15 is 0 Å². The number of nitrogens with one attached hydrogen (secondary N) is 1. The van der Waals surface area contributed by atoms with Crippen LogP contribution in [0.15, 0.2) is 54.6 Å². The predicted octanol–water partition coefficient (Wildman–Crippen LogP) is 4.25. The molecule has 9 heteroatoms. The second kappa shape index (κ2) is 13.7. The first-order valence-electron chi connectivity index (χ1n) is 12.7. The van der Waals surface area contributed by atoms with Crippen molar-refractivity contribution >= 4 is 18.0 Å². The molecule has 0 spiro atoms. The number of hydrogen-bond acceptors (Lipinski definition) is 6. The molecule has 8 nitrogen and oxygen atoms in total. The van der Waals surface area contributed by atoms with Crippen molar-refractivity contribution in [2.75, 3.05) is 14.2 Å². The van der Waals surface area contributed by atoms with Crippen molar-refractivity contribution in [3.8, 4) is 16.9 Å². The van der Waals surface area contributed by atoms with Crippen molar-refractivity contribution in [1.82, 2.24) is 9.88 Å². The largest absolute Gasteiger partial charge is 0.497 e. The summed E-state index contributed by atoms with van der Waals surface area (Å²) in [6.45, 7) is 4.50. The van der Waals surface area contributed by atoms with Crippen molar-refractivity contribution in [2.24, 2.45) is 0 Å². The Kier molecular flexibility index (Phi) is 10.4. The Balaban J connectivity index is 1.94. The molecule has 2 atom stereocenters. The summed E-state index contributed by atoms with van der Waals surface area (Å²) in [5.74, 6) is -0.502. The van der Waals surface area contributed by atoms with E-state index in [0.29, 0.717) is 35.6 Å². The number of aliphatic hydroxyl groups excluding tert-OH is 2. The second-order valence-electron chi connectivity index (χ2n) is 9.11. The van der Waals surface area contributed by atoms with Gasteiger partial charge >= 0.3 is 5.97 Å². The van der Waals surface area contributed by atoms with E-state index in [9.17, 15) is 24.2 Å². The summed E-state index contributed by atoms with van der Waals surface area (Å²) in [7, 11) is 2.82. The number of nitrogens with zero attached hydrogens (tertiary/aromatic N) is 1. The van der Waals surface area contributed by atoms with E-state index in [1.807, 2.05) is 42.7 Å². The van der Waals surface area contributed by atoms with Gasteiger partial charge in [0.1, 0.15) is 17.3 Å². The van der Waals surface area contributed by atoms with Crippen LogP contribution in [0.5, 0.6) is 5.75 Å². The summed E-state index contributed by atoms with van der Waals surface area (Å²) >= 11 is 0. The molecule has 1 amide bonds. The summed E-state index contributed by atoms with van der Waals surface area (Å²) in [6.07, 6.45) is 0.758. The minimum absolute atomic E-state index is 0.0709. The van der Waals surface area contributed by atoms with Gasteiger partial charge in [0.15, 0.2) is 0 Å². The second-order valence-corrected chi connectivity index (χ2v) is 9.11. The summed E-state index contributed by atoms with van der Waals surface area (Å²) in [5, 5.41) is 23.6. The van der Waals surface area contributed by atoms with Crippen molar-refractivity contribution in [2.45, 2.75) is 52.0 Å². The summed E-state index contributed by atoms with van der Waals surface area (Å²) in [6, 6.07) is 13.4. The number of ether oxygens (including phenoxy) is 2. The SMILES string of the molecule is CCn1c(/C=C/C(O)CC(O)CC(=O)OC)c(-c2ccc(F)cc2)c(C)c1C(=O)NCc1ccc(OC)cc1. The molecule has 0 fully saturated rings. The van der Waals surface area contributed by atoms with Crippen LogP contribution in [-0.4, -0.2) is 53.1 Å². The van der Waals surface area contributed by atoms with E-state index in [2.05, 4.69) is 10.1 Å². The maximum absolute atomic E-state index is 13.7. The van der Waals surface area contributed by atoms with E-state index in [-0.39, 0.29) is 24.6 Å². The van der Waals surface area contributed by atoms with Crippen LogP contribution in [0.2, 0.25) is 0 Å². The first-order chi connectivity index (χ1) is 18.7. The monoisotopic (exact) mass is 538 g/mol. The lowest BCUT2D eigenvalue weighted by Gasteiger charge is -2.13. The van der Waals surface area contributed by atoms with Crippen molar-refractivity contribution in [3.05, 3.63) is 82.9 Å². The zero-order chi connectivity index (χ0) is 28.5. The number of carbonyl (C=O) groups is 2. The highest BCUT2D eigenvalue weighted by molar-refractivity contribution is 5.98. The molecule has 208 valence electrons. The minimum atomic E-state index is -1.08. The molecule has 0 radical (unpaired) electrons. The zero-order valence-corrected chi connectivity index (χ0v) is 22.6. The third-order valence-corrected chi connectivity index (χ3v) is 6.44. The molecule has 39 heavy (non-hydrogen) atoms. The van der Waals surface area contributed by atoms with E-state index in [0.717, 1.165) is 16.9 Å². The lowest BCUT2D eigenvalue weighted by molar-refractivity contribution is -0.143. The van der Waals surface area contributed by atoms with Crippen LogP contribution >= 0.6 is 0 Å². The third-order valence-electron chi connectivity index (χ3n) is 6.44. The Morgan fingerprint density at radius 1 is 1.08 bits per heavy atom. The van der Waals surface area contributed by atoms with Gasteiger partial charge in [0.05, 0.1) is 32.8 Å². The standard InChI is InChI=1S/C30H35FN2O6/c1-5-33-26(15-12-23(34)16-24(35)17-27(36)39-4)28(21-8-10-22(31)11-9-21)19(2)29(33)30(37)32-18-20-6-13-25(38-3)14-7-20/h6-15,23-24,34-35H,5,16-18H2,1-4H3,(H,32,37)/b15-12+. The topological polar surface area (TPSA) is 110 Å². The Labute approximate surface area is 227 Å². The average molecular weight is 539 g/mol. The van der Waals surface area contributed by atoms with Gasteiger partial charge in [-0.3, -0.25) is 9.59 Å². The fraction of sp³-hybridized carbons (Fsp3) is 0.333. The van der Waals surface area contributed by atoms with Gasteiger partial charge in [-0.05, 0) is 60.9 Å². The zero-order valence-electron chi connectivity index (χ0n) is 22.6. The number of aliphatic hydroxyl groups is 2. The first kappa shape index (κ1) is 29.6. The molecular weight excluding hydrogens is 503 g/mol. The molecule has 3 aromatic rings. The Bertz CT molecular complexity index is 1300. The van der Waals surface area contributed by atoms with Crippen LogP contribution in [0.1, 0.15) is 47.1 Å². The lowest BCUT2D eigenvalue weighted by Crippen LogP contribution is -2.26. The molecule has 1 aromatic heterocycles. The molecule has 0 saturated carbocycles. The fourth-order valence-electron chi connectivity index (χ4n) is 4.47. The van der Waals surface area contributed by atoms with Crippen LogP contribution < -0.4 is 10.1 Å². The average Bonchev–Trinajstić information content (AvgIpc) is 3.22. The van der Waals surface area contributed by atoms with E-state index in [1.165, 1.54) is 25.3 Å². The molecular formula is C30H35FN2O6. The number of carbonyl (C=O) groups excluding carboxylic acids is 2. The van der Waals surface area contributed by atoms with Crippen LogP contribution in [0.3, 0.4) is 0 Å². The van der Waals surface area contributed by atoms with E-state index < -0.39 is 18.2 Å². The van der Waals surface area contributed by atoms with Gasteiger partial charge in [-0.15, -0.1) is 0 Å². The van der Waals surface area contributed by atoms with Gasteiger partial charge < -0.3 is 29.6 Å². The van der Waals surface area contributed by atoms with Gasteiger partial charge in [0.2, 0.25) is 0 Å². The number of amides is 1. The van der Waals surface area contributed by atoms with Gasteiger partial charge in [-0.2, -0.15) is 0 Å². The highest BCUT2D eigenvalue weighted by atomic mass is 19.1. The number of aromatic nitrogens is 1. The number of rotatable bonds is 12. The number of hydrogen-bond donors (Lipinski definition) is 3. The number of benzene rings is 2. The Hall–Kier alpha value is -3.95. The molecule has 1 heterocycles. The highest BCUT2D eigenvalue weighted by Gasteiger charge is 2.24. The minimum Gasteiger partial charge on any atom is -0.497 e. The van der Waals surface area contributed by atoms with E-state index in [4.69, 9.17) is 4.74 Å². The Morgan fingerprint density at radius 2 is 1.74 bits per heavy atom. The third kappa shape index (κ3) is 7.55. The van der Waals surface area contributed by atoms with Gasteiger partial charge in [0.25, 0.3) is 5.91 Å². The molecule has 0 bridgehead atoms. The summed E-state index contributed by atoms with van der Waals surface area (Å²) < 4.78 is 25.3. The van der Waals surface area contributed by atoms with Crippen molar-refractivity contribution in [1.29, 1.82) is 0 Å². The van der Waals surface area contributed by atoms with Crippen LogP contribution in [0.4, 0.5) is 4.39 Å². The number of esters is 1. The molecule has 3 N–H and O–H groups in total. The van der Waals surface area contributed by atoms with Crippen molar-refractivity contribution in [3.63, 3.8) is 0 Å². The van der Waals surface area contributed by atoms with Crippen molar-refractivity contribution < 1.29 is 33.7 Å². The summed E-state index contributed by atoms with van der Waals surface area (Å²) in [4.78, 5) is 24.9. The molecule has 2 unspecified atom stereocenters. The van der Waals surface area contributed by atoms with Gasteiger partial charge in [-0.1, -0.05) is 30.3 Å². The quantitative estimate of drug-likeness (QED) is 0.298. The maximum atomic E-state index is 13.7. The normalized spacial score (nSPS) is 12.8. The molecule has 0 aliphatic carbocycles. The van der Waals surface area contributed by atoms with Crippen LogP contribution in [0, 0.1) is 12.7 Å². The first-order valence-corrected chi connectivity index (χ1v) is 12.7. The van der Waals surface area contributed by atoms with Gasteiger partial charge in [-0.25, -0.2) is 4.39 Å². The maximum Gasteiger partial charge on any atom is 0.308 e. The van der Waals surface area contributed by atoms with E-state index in [1.54, 1.807) is 25.3 Å². The fourth-order valence-corrected chi connectivity index (χ4v) is 4.47.